The predicted molar refractivity (Wildman–Crippen MR) is 37.3 cm³/mol. The van der Waals surface area contributed by atoms with Crippen molar-refractivity contribution in [3.63, 3.8) is 0 Å². The minimum atomic E-state index is 0.527. The lowest BCUT2D eigenvalue weighted by Gasteiger charge is -1.92. The molecular formula is C5H8N5+. The number of nitrogens with one attached hydrogen (secondary N) is 3. The van der Waals surface area contributed by atoms with Crippen LogP contribution in [-0.2, 0) is 0 Å². The van der Waals surface area contributed by atoms with Crippen LogP contribution in [0.25, 0.3) is 0 Å². The van der Waals surface area contributed by atoms with E-state index in [1.165, 1.54) is 0 Å². The van der Waals surface area contributed by atoms with Crippen LogP contribution in [-0.4, -0.2) is 11.7 Å². The van der Waals surface area contributed by atoms with Gasteiger partial charge in [-0.15, -0.1) is 0 Å². The summed E-state index contributed by atoms with van der Waals surface area (Å²) in [6.45, 7) is 0.710. The topological polar surface area (TPSA) is 77.1 Å². The molecule has 0 unspecified atom stereocenters. The number of fused-ring (bicyclic) bond motifs is 1. The molecule has 0 saturated carbocycles. The fourth-order valence-electron chi connectivity index (χ4n) is 0.970. The Morgan fingerprint density at radius 2 is 2.50 bits per heavy atom. The Balaban J connectivity index is 2.59. The van der Waals surface area contributed by atoms with Crippen molar-refractivity contribution in [2.75, 3.05) is 23.0 Å². The van der Waals surface area contributed by atoms with E-state index in [4.69, 9.17) is 5.73 Å². The van der Waals surface area contributed by atoms with Gasteiger partial charge in [-0.25, -0.2) is 4.98 Å². The van der Waals surface area contributed by atoms with Crippen LogP contribution in [0.4, 0.5) is 17.3 Å². The highest BCUT2D eigenvalue weighted by Crippen LogP contribution is 2.24. The third kappa shape index (κ3) is 0.570. The van der Waals surface area contributed by atoms with E-state index in [0.717, 1.165) is 11.5 Å². The SMILES string of the molecule is Nc1nc[nH+]c2c1NCN2. The molecule has 2 heterocycles. The van der Waals surface area contributed by atoms with Crippen LogP contribution in [0.3, 0.4) is 0 Å². The summed E-state index contributed by atoms with van der Waals surface area (Å²) < 4.78 is 0. The molecule has 0 saturated heterocycles. The number of H-pyrrole nitrogens is 1. The van der Waals surface area contributed by atoms with E-state index in [-0.39, 0.29) is 0 Å². The molecule has 5 nitrogen and oxygen atoms in total. The fraction of sp³-hybridized carbons (Fsp3) is 0.200. The van der Waals surface area contributed by atoms with Crippen molar-refractivity contribution in [2.24, 2.45) is 0 Å². The zero-order valence-electron chi connectivity index (χ0n) is 5.31. The summed E-state index contributed by atoms with van der Waals surface area (Å²) in [5.74, 6) is 1.44. The van der Waals surface area contributed by atoms with Gasteiger partial charge >= 0.3 is 0 Å². The second-order valence-corrected chi connectivity index (χ2v) is 2.07. The molecule has 1 aliphatic heterocycles. The second kappa shape index (κ2) is 1.73. The highest BCUT2D eigenvalue weighted by Gasteiger charge is 2.18. The second-order valence-electron chi connectivity index (χ2n) is 2.07. The molecule has 5 N–H and O–H groups in total. The molecule has 0 aliphatic carbocycles. The molecule has 0 radical (unpaired) electrons. The van der Waals surface area contributed by atoms with Gasteiger partial charge in [-0.2, -0.15) is 0 Å². The van der Waals surface area contributed by atoms with Crippen molar-refractivity contribution in [3.05, 3.63) is 6.33 Å². The lowest BCUT2D eigenvalue weighted by atomic mass is 10.4. The van der Waals surface area contributed by atoms with E-state index < -0.39 is 0 Å². The van der Waals surface area contributed by atoms with Gasteiger partial charge in [0.2, 0.25) is 18.0 Å². The fourth-order valence-corrected chi connectivity index (χ4v) is 0.970. The smallest absolute Gasteiger partial charge is 0.249 e. The molecule has 0 spiro atoms. The summed E-state index contributed by atoms with van der Waals surface area (Å²) in [4.78, 5) is 6.80. The van der Waals surface area contributed by atoms with Gasteiger partial charge < -0.3 is 11.1 Å². The quantitative estimate of drug-likeness (QED) is 0.442. The first-order chi connectivity index (χ1) is 4.88. The highest BCUT2D eigenvalue weighted by molar-refractivity contribution is 5.76. The molecule has 0 bridgehead atoms. The molecule has 1 aromatic heterocycles. The monoisotopic (exact) mass is 138 g/mol. The van der Waals surface area contributed by atoms with E-state index in [0.29, 0.717) is 12.5 Å². The van der Waals surface area contributed by atoms with E-state index >= 15 is 0 Å². The van der Waals surface area contributed by atoms with Gasteiger partial charge in [0.25, 0.3) is 0 Å². The standard InChI is InChI=1S/C5H7N5/c6-4-3-5(9-1-7-3)10-2-8-4/h2,7H,1H2,(H3,6,8,9,10)/p+1. The summed E-state index contributed by atoms with van der Waals surface area (Å²) in [5, 5.41) is 6.09. The minimum Gasteiger partial charge on any atom is -0.368 e. The molecule has 5 heteroatoms. The third-order valence-corrected chi connectivity index (χ3v) is 1.45. The molecule has 52 valence electrons. The van der Waals surface area contributed by atoms with E-state index in [1.807, 2.05) is 0 Å². The normalized spacial score (nSPS) is 13.6. The Morgan fingerprint density at radius 1 is 1.60 bits per heavy atom. The first-order valence-corrected chi connectivity index (χ1v) is 3.02. The maximum atomic E-state index is 5.54. The minimum absolute atomic E-state index is 0.527. The zero-order valence-corrected chi connectivity index (χ0v) is 5.31. The first-order valence-electron chi connectivity index (χ1n) is 3.02. The van der Waals surface area contributed by atoms with Crippen molar-refractivity contribution >= 4 is 17.3 Å². The summed E-state index contributed by atoms with van der Waals surface area (Å²) in [6.07, 6.45) is 1.56. The van der Waals surface area contributed by atoms with Crippen LogP contribution in [0.1, 0.15) is 0 Å². The Kier molecular flexibility index (Phi) is 0.913. The van der Waals surface area contributed by atoms with Crippen molar-refractivity contribution < 1.29 is 4.98 Å². The van der Waals surface area contributed by atoms with Crippen LogP contribution in [0.2, 0.25) is 0 Å². The number of hydrogen-bond donors (Lipinski definition) is 3. The number of anilines is 3. The summed E-state index contributed by atoms with van der Waals surface area (Å²) in [7, 11) is 0. The first kappa shape index (κ1) is 5.28. The number of aromatic amines is 1. The zero-order chi connectivity index (χ0) is 6.97. The highest BCUT2D eigenvalue weighted by atomic mass is 15.2. The van der Waals surface area contributed by atoms with Crippen LogP contribution in [0.15, 0.2) is 6.33 Å². The van der Waals surface area contributed by atoms with E-state index in [2.05, 4.69) is 20.6 Å². The molecule has 10 heavy (non-hydrogen) atoms. The summed E-state index contributed by atoms with van der Waals surface area (Å²) in [5.41, 5.74) is 6.40. The van der Waals surface area contributed by atoms with E-state index in [1.54, 1.807) is 6.33 Å². The number of hydrogen-bond acceptors (Lipinski definition) is 4. The van der Waals surface area contributed by atoms with Gasteiger partial charge in [0.15, 0.2) is 5.69 Å². The van der Waals surface area contributed by atoms with Crippen molar-refractivity contribution in [3.8, 4) is 0 Å². The molecule has 1 aromatic rings. The van der Waals surface area contributed by atoms with Gasteiger partial charge in [-0.05, 0) is 0 Å². The number of aromatic nitrogens is 2. The maximum Gasteiger partial charge on any atom is 0.249 e. The van der Waals surface area contributed by atoms with Gasteiger partial charge in [0.05, 0.1) is 0 Å². The number of rotatable bonds is 0. The lowest BCUT2D eigenvalue weighted by molar-refractivity contribution is -0.364. The molecule has 0 aromatic carbocycles. The van der Waals surface area contributed by atoms with Crippen LogP contribution in [0.5, 0.6) is 0 Å². The molecule has 0 atom stereocenters. The number of nitrogens with zero attached hydrogens (tertiary/aromatic N) is 1. The summed E-state index contributed by atoms with van der Waals surface area (Å²) >= 11 is 0. The average Bonchev–Trinajstić information content (AvgIpc) is 2.36. The third-order valence-electron chi connectivity index (χ3n) is 1.45. The van der Waals surface area contributed by atoms with Crippen LogP contribution >= 0.6 is 0 Å². The maximum absolute atomic E-state index is 5.54. The Morgan fingerprint density at radius 3 is 3.30 bits per heavy atom. The van der Waals surface area contributed by atoms with Gasteiger partial charge in [-0.1, -0.05) is 4.98 Å². The Hall–Kier alpha value is -1.52. The van der Waals surface area contributed by atoms with Gasteiger partial charge in [0, 0.05) is 0 Å². The van der Waals surface area contributed by atoms with Gasteiger partial charge in [-0.3, -0.25) is 5.32 Å². The largest absolute Gasteiger partial charge is 0.368 e. The van der Waals surface area contributed by atoms with Crippen LogP contribution in [0, 0.1) is 0 Å². The molecule has 0 fully saturated rings. The van der Waals surface area contributed by atoms with Gasteiger partial charge in [0.1, 0.15) is 6.67 Å². The molecule has 2 rings (SSSR count). The lowest BCUT2D eigenvalue weighted by Crippen LogP contribution is -2.09. The molecule has 0 amide bonds. The van der Waals surface area contributed by atoms with E-state index in [9.17, 15) is 0 Å². The summed E-state index contributed by atoms with van der Waals surface area (Å²) in [6, 6.07) is 0. The van der Waals surface area contributed by atoms with Crippen molar-refractivity contribution in [1.29, 1.82) is 0 Å². The average molecular weight is 138 g/mol. The number of nitrogen functional groups attached to an aromatic ring is 1. The van der Waals surface area contributed by atoms with Crippen molar-refractivity contribution in [1.82, 2.24) is 4.98 Å². The molecule has 1 aliphatic rings. The Labute approximate surface area is 57.7 Å². The molecular weight excluding hydrogens is 130 g/mol. The Bertz CT molecular complexity index is 258. The van der Waals surface area contributed by atoms with Crippen LogP contribution < -0.4 is 21.4 Å². The number of nitrogens with two attached hydrogens (primary N) is 1. The van der Waals surface area contributed by atoms with Crippen molar-refractivity contribution in [2.45, 2.75) is 0 Å². The predicted octanol–water partition coefficient (Wildman–Crippen LogP) is -0.727.